The minimum Gasteiger partial charge on any atom is -0.465 e. The third-order valence-corrected chi connectivity index (χ3v) is 2.27. The van der Waals surface area contributed by atoms with Crippen LogP contribution in [-0.4, -0.2) is 18.1 Å². The number of esters is 1. The molecular weight excluding hydrogens is 208 g/mol. The number of ether oxygens (including phenoxy) is 1. The number of methoxy groups -OCH3 is 1. The van der Waals surface area contributed by atoms with Crippen molar-refractivity contribution in [3.63, 3.8) is 0 Å². The smallest absolute Gasteiger partial charge is 0.338 e. The lowest BCUT2D eigenvalue weighted by Crippen LogP contribution is -2.11. The fraction of sp³-hybridized carbons (Fsp3) is 0.0909. The van der Waals surface area contributed by atoms with Crippen LogP contribution in [0.4, 0.5) is 5.69 Å². The first-order valence-electron chi connectivity index (χ1n) is 4.62. The molecule has 5 nitrogen and oxygen atoms in total. The maximum absolute atomic E-state index is 11.5. The third-order valence-electron chi connectivity index (χ3n) is 2.27. The second-order valence-corrected chi connectivity index (χ2v) is 3.34. The summed E-state index contributed by atoms with van der Waals surface area (Å²) in [5, 5.41) is 0.612. The normalized spacial score (nSPS) is 10.3. The SMILES string of the molecule is COC(=O)c1cc(=O)[nH]c2cc(N)ccc12. The monoisotopic (exact) mass is 218 g/mol. The van der Waals surface area contributed by atoms with Gasteiger partial charge in [0.05, 0.1) is 18.2 Å². The van der Waals surface area contributed by atoms with Gasteiger partial charge in [-0.2, -0.15) is 0 Å². The molecule has 0 saturated heterocycles. The van der Waals surface area contributed by atoms with Crippen LogP contribution >= 0.6 is 0 Å². The number of nitrogens with two attached hydrogens (primary N) is 1. The van der Waals surface area contributed by atoms with Crippen molar-refractivity contribution in [1.29, 1.82) is 0 Å². The molecule has 2 rings (SSSR count). The standard InChI is InChI=1S/C11H10N2O3/c1-16-11(15)8-5-10(14)13-9-4-6(12)2-3-7(8)9/h2-5H,12H2,1H3,(H,13,14). The molecule has 1 aromatic heterocycles. The van der Waals surface area contributed by atoms with Crippen LogP contribution in [0.2, 0.25) is 0 Å². The Balaban J connectivity index is 2.83. The number of benzene rings is 1. The summed E-state index contributed by atoms with van der Waals surface area (Å²) >= 11 is 0. The number of pyridine rings is 1. The van der Waals surface area contributed by atoms with E-state index in [4.69, 9.17) is 5.73 Å². The van der Waals surface area contributed by atoms with Gasteiger partial charge in [0.25, 0.3) is 0 Å². The average molecular weight is 218 g/mol. The minimum atomic E-state index is -0.541. The highest BCUT2D eigenvalue weighted by molar-refractivity contribution is 6.03. The first-order valence-corrected chi connectivity index (χ1v) is 4.62. The van der Waals surface area contributed by atoms with E-state index in [1.165, 1.54) is 13.2 Å². The predicted octanol–water partition coefficient (Wildman–Crippen LogP) is 0.897. The Bertz CT molecular complexity index is 616. The zero-order valence-corrected chi connectivity index (χ0v) is 8.61. The molecule has 0 bridgehead atoms. The lowest BCUT2D eigenvalue weighted by atomic mass is 10.1. The van der Waals surface area contributed by atoms with Gasteiger partial charge in [-0.25, -0.2) is 4.79 Å². The number of H-pyrrole nitrogens is 1. The lowest BCUT2D eigenvalue weighted by molar-refractivity contribution is 0.0603. The van der Waals surface area contributed by atoms with Crippen LogP contribution < -0.4 is 11.3 Å². The van der Waals surface area contributed by atoms with Gasteiger partial charge >= 0.3 is 5.97 Å². The van der Waals surface area contributed by atoms with E-state index in [2.05, 4.69) is 9.72 Å². The van der Waals surface area contributed by atoms with Gasteiger partial charge in [0, 0.05) is 17.1 Å². The molecule has 0 radical (unpaired) electrons. The molecule has 82 valence electrons. The molecule has 0 fully saturated rings. The van der Waals surface area contributed by atoms with Crippen LogP contribution in [0.15, 0.2) is 29.1 Å². The molecule has 0 amide bonds. The summed E-state index contributed by atoms with van der Waals surface area (Å²) in [7, 11) is 1.27. The Morgan fingerprint density at radius 2 is 2.12 bits per heavy atom. The summed E-state index contributed by atoms with van der Waals surface area (Å²) in [6.07, 6.45) is 0. The van der Waals surface area contributed by atoms with Crippen LogP contribution in [0.1, 0.15) is 10.4 Å². The van der Waals surface area contributed by atoms with Gasteiger partial charge in [-0.1, -0.05) is 0 Å². The molecule has 0 unspecified atom stereocenters. The predicted molar refractivity (Wildman–Crippen MR) is 60.3 cm³/mol. The highest BCUT2D eigenvalue weighted by Crippen LogP contribution is 2.18. The van der Waals surface area contributed by atoms with E-state index < -0.39 is 5.97 Å². The van der Waals surface area contributed by atoms with Crippen molar-refractivity contribution >= 4 is 22.6 Å². The molecule has 2 aromatic rings. The van der Waals surface area contributed by atoms with E-state index in [9.17, 15) is 9.59 Å². The summed E-state index contributed by atoms with van der Waals surface area (Å²) in [6.45, 7) is 0. The van der Waals surface area contributed by atoms with Crippen molar-refractivity contribution in [3.05, 3.63) is 40.2 Å². The Morgan fingerprint density at radius 3 is 2.81 bits per heavy atom. The number of carbonyl (C=O) groups excluding carboxylic acids is 1. The highest BCUT2D eigenvalue weighted by Gasteiger charge is 2.11. The number of fused-ring (bicyclic) bond motifs is 1. The molecule has 3 N–H and O–H groups in total. The summed E-state index contributed by atoms with van der Waals surface area (Å²) in [5.74, 6) is -0.541. The first kappa shape index (κ1) is 10.2. The largest absolute Gasteiger partial charge is 0.465 e. The van der Waals surface area contributed by atoms with Crippen molar-refractivity contribution in [1.82, 2.24) is 4.98 Å². The van der Waals surface area contributed by atoms with E-state index >= 15 is 0 Å². The molecule has 16 heavy (non-hydrogen) atoms. The molecule has 0 spiro atoms. The van der Waals surface area contributed by atoms with Gasteiger partial charge in [0.2, 0.25) is 5.56 Å². The van der Waals surface area contributed by atoms with Gasteiger partial charge in [-0.15, -0.1) is 0 Å². The zero-order chi connectivity index (χ0) is 11.7. The first-order chi connectivity index (χ1) is 7.61. The van der Waals surface area contributed by atoms with E-state index in [-0.39, 0.29) is 11.1 Å². The Labute approximate surface area is 90.8 Å². The molecular formula is C11H10N2O3. The summed E-state index contributed by atoms with van der Waals surface area (Å²) in [6, 6.07) is 6.15. The van der Waals surface area contributed by atoms with Gasteiger partial charge in [0.15, 0.2) is 0 Å². The summed E-state index contributed by atoms with van der Waals surface area (Å²) in [4.78, 5) is 25.4. The quantitative estimate of drug-likeness (QED) is 0.550. The second kappa shape index (κ2) is 3.69. The van der Waals surface area contributed by atoms with Crippen molar-refractivity contribution in [3.8, 4) is 0 Å². The molecule has 1 aromatic carbocycles. The molecule has 0 aliphatic heterocycles. The molecule has 5 heteroatoms. The van der Waals surface area contributed by atoms with E-state index in [0.717, 1.165) is 0 Å². The zero-order valence-electron chi connectivity index (χ0n) is 8.61. The Morgan fingerprint density at radius 1 is 1.38 bits per heavy atom. The number of hydrogen-bond acceptors (Lipinski definition) is 4. The number of aromatic nitrogens is 1. The lowest BCUT2D eigenvalue weighted by Gasteiger charge is -2.04. The topological polar surface area (TPSA) is 85.2 Å². The van der Waals surface area contributed by atoms with Gasteiger partial charge in [0.1, 0.15) is 0 Å². The van der Waals surface area contributed by atoms with Crippen LogP contribution in [0.5, 0.6) is 0 Å². The highest BCUT2D eigenvalue weighted by atomic mass is 16.5. The van der Waals surface area contributed by atoms with Crippen LogP contribution in [-0.2, 0) is 4.74 Å². The molecule has 0 aliphatic carbocycles. The van der Waals surface area contributed by atoms with Crippen molar-refractivity contribution in [2.75, 3.05) is 12.8 Å². The molecule has 0 saturated carbocycles. The number of rotatable bonds is 1. The molecule has 0 atom stereocenters. The summed E-state index contributed by atoms with van der Waals surface area (Å²) in [5.41, 5.74) is 6.51. The van der Waals surface area contributed by atoms with E-state index in [1.54, 1.807) is 18.2 Å². The van der Waals surface area contributed by atoms with Crippen LogP contribution in [0.3, 0.4) is 0 Å². The van der Waals surface area contributed by atoms with Gasteiger partial charge in [-0.05, 0) is 18.2 Å². The summed E-state index contributed by atoms with van der Waals surface area (Å²) < 4.78 is 4.61. The van der Waals surface area contributed by atoms with E-state index in [1.807, 2.05) is 0 Å². The maximum atomic E-state index is 11.5. The van der Waals surface area contributed by atoms with Gasteiger partial charge in [-0.3, -0.25) is 4.79 Å². The number of anilines is 1. The van der Waals surface area contributed by atoms with Crippen LogP contribution in [0.25, 0.3) is 10.9 Å². The number of nitrogen functional groups attached to an aromatic ring is 1. The number of carbonyl (C=O) groups is 1. The van der Waals surface area contributed by atoms with Gasteiger partial charge < -0.3 is 15.5 Å². The third kappa shape index (κ3) is 1.63. The van der Waals surface area contributed by atoms with Crippen molar-refractivity contribution in [2.24, 2.45) is 0 Å². The number of aromatic amines is 1. The average Bonchev–Trinajstić information content (AvgIpc) is 2.26. The number of nitrogens with one attached hydrogen (secondary N) is 1. The minimum absolute atomic E-state index is 0.237. The molecule has 1 heterocycles. The van der Waals surface area contributed by atoms with E-state index in [0.29, 0.717) is 16.6 Å². The van der Waals surface area contributed by atoms with Crippen molar-refractivity contribution in [2.45, 2.75) is 0 Å². The molecule has 0 aliphatic rings. The van der Waals surface area contributed by atoms with Crippen molar-refractivity contribution < 1.29 is 9.53 Å². The van der Waals surface area contributed by atoms with Crippen LogP contribution in [0, 0.1) is 0 Å². The Kier molecular flexibility index (Phi) is 2.36. The number of hydrogen-bond donors (Lipinski definition) is 2. The maximum Gasteiger partial charge on any atom is 0.338 e. The second-order valence-electron chi connectivity index (χ2n) is 3.34. The Hall–Kier alpha value is -2.30. The fourth-order valence-electron chi connectivity index (χ4n) is 1.56. The fourth-order valence-corrected chi connectivity index (χ4v) is 1.56.